The van der Waals surface area contributed by atoms with Crippen molar-refractivity contribution in [2.24, 2.45) is 5.92 Å². The Bertz CT molecular complexity index is 713. The van der Waals surface area contributed by atoms with E-state index in [0.717, 1.165) is 25.1 Å². The van der Waals surface area contributed by atoms with E-state index in [-0.39, 0.29) is 5.56 Å². The number of H-pyrrole nitrogens is 1. The zero-order valence-electron chi connectivity index (χ0n) is 12.9. The summed E-state index contributed by atoms with van der Waals surface area (Å²) >= 11 is 0. The molecule has 116 valence electrons. The first-order valence-electron chi connectivity index (χ1n) is 7.53. The number of pyridine rings is 1. The molecule has 6 heteroatoms. The molecular weight excluding hydrogens is 280 g/mol. The van der Waals surface area contributed by atoms with Crippen LogP contribution in [-0.2, 0) is 0 Å². The van der Waals surface area contributed by atoms with Crippen LogP contribution in [0.15, 0.2) is 29.2 Å². The molecule has 2 aromatic rings. The normalized spacial score (nSPS) is 18.3. The Morgan fingerprint density at radius 3 is 3.09 bits per heavy atom. The van der Waals surface area contributed by atoms with Gasteiger partial charge in [0, 0.05) is 25.4 Å². The van der Waals surface area contributed by atoms with Crippen molar-refractivity contribution in [3.63, 3.8) is 0 Å². The summed E-state index contributed by atoms with van der Waals surface area (Å²) in [6.45, 7) is 4.05. The van der Waals surface area contributed by atoms with E-state index in [9.17, 15) is 4.79 Å². The molecule has 0 radical (unpaired) electrons. The van der Waals surface area contributed by atoms with Gasteiger partial charge in [-0.25, -0.2) is 9.97 Å². The molecular formula is C16H20N4O2. The van der Waals surface area contributed by atoms with Gasteiger partial charge in [0.15, 0.2) is 0 Å². The van der Waals surface area contributed by atoms with Crippen LogP contribution in [0.3, 0.4) is 0 Å². The number of ether oxygens (including phenoxy) is 1. The van der Waals surface area contributed by atoms with Crippen molar-refractivity contribution in [2.75, 3.05) is 25.1 Å². The predicted octanol–water partition coefficient (Wildman–Crippen LogP) is 2.08. The van der Waals surface area contributed by atoms with Gasteiger partial charge in [-0.05, 0) is 30.9 Å². The number of anilines is 1. The van der Waals surface area contributed by atoms with Crippen LogP contribution in [0.4, 0.5) is 5.95 Å². The number of hydrogen-bond donors (Lipinski definition) is 1. The summed E-state index contributed by atoms with van der Waals surface area (Å²) in [6.07, 6.45) is 3.99. The van der Waals surface area contributed by atoms with Crippen LogP contribution >= 0.6 is 0 Å². The molecule has 1 aliphatic heterocycles. The van der Waals surface area contributed by atoms with Gasteiger partial charge in [-0.1, -0.05) is 6.92 Å². The fraction of sp³-hybridized carbons (Fsp3) is 0.438. The SMILES string of the molecule is COc1ncccc1-c1cc(=O)[nH]c(N2CCCC(C)C2)n1. The lowest BCUT2D eigenvalue weighted by Gasteiger charge is -2.31. The van der Waals surface area contributed by atoms with E-state index in [1.54, 1.807) is 13.3 Å². The molecule has 6 nitrogen and oxygen atoms in total. The highest BCUT2D eigenvalue weighted by atomic mass is 16.5. The smallest absolute Gasteiger partial charge is 0.252 e. The Labute approximate surface area is 129 Å². The average molecular weight is 300 g/mol. The Balaban J connectivity index is 2.01. The van der Waals surface area contributed by atoms with E-state index < -0.39 is 0 Å². The number of aromatic amines is 1. The topological polar surface area (TPSA) is 71.1 Å². The molecule has 1 saturated heterocycles. The van der Waals surface area contributed by atoms with E-state index in [2.05, 4.69) is 26.8 Å². The first kappa shape index (κ1) is 14.6. The van der Waals surface area contributed by atoms with Crippen molar-refractivity contribution in [1.29, 1.82) is 0 Å². The lowest BCUT2D eigenvalue weighted by atomic mass is 10.0. The second kappa shape index (κ2) is 6.17. The summed E-state index contributed by atoms with van der Waals surface area (Å²) in [5.74, 6) is 1.70. The fourth-order valence-electron chi connectivity index (χ4n) is 2.86. The van der Waals surface area contributed by atoms with Gasteiger partial charge in [0.05, 0.1) is 18.4 Å². The van der Waals surface area contributed by atoms with Gasteiger partial charge >= 0.3 is 0 Å². The molecule has 3 heterocycles. The van der Waals surface area contributed by atoms with Gasteiger partial charge in [-0.3, -0.25) is 9.78 Å². The molecule has 1 aliphatic rings. The molecule has 1 atom stereocenters. The first-order chi connectivity index (χ1) is 10.7. The third-order valence-corrected chi connectivity index (χ3v) is 3.93. The number of methoxy groups -OCH3 is 1. The highest BCUT2D eigenvalue weighted by Crippen LogP contribution is 2.26. The van der Waals surface area contributed by atoms with Crippen LogP contribution in [0, 0.1) is 5.92 Å². The predicted molar refractivity (Wildman–Crippen MR) is 85.3 cm³/mol. The molecule has 1 N–H and O–H groups in total. The van der Waals surface area contributed by atoms with Crippen LogP contribution in [0.25, 0.3) is 11.3 Å². The maximum absolute atomic E-state index is 12.0. The molecule has 0 amide bonds. The first-order valence-corrected chi connectivity index (χ1v) is 7.53. The third kappa shape index (κ3) is 2.95. The molecule has 0 spiro atoms. The van der Waals surface area contributed by atoms with E-state index in [1.165, 1.54) is 12.5 Å². The van der Waals surface area contributed by atoms with E-state index >= 15 is 0 Å². The summed E-state index contributed by atoms with van der Waals surface area (Å²) < 4.78 is 5.27. The highest BCUT2D eigenvalue weighted by molar-refractivity contribution is 5.65. The minimum Gasteiger partial charge on any atom is -0.481 e. The number of hydrogen-bond acceptors (Lipinski definition) is 5. The summed E-state index contributed by atoms with van der Waals surface area (Å²) in [5, 5.41) is 0. The minimum atomic E-state index is -0.163. The van der Waals surface area contributed by atoms with Gasteiger partial charge in [-0.2, -0.15) is 0 Å². The molecule has 0 aliphatic carbocycles. The van der Waals surface area contributed by atoms with Gasteiger partial charge in [0.1, 0.15) is 0 Å². The largest absolute Gasteiger partial charge is 0.481 e. The molecule has 0 saturated carbocycles. The van der Waals surface area contributed by atoms with Crippen molar-refractivity contribution in [3.05, 3.63) is 34.7 Å². The summed E-state index contributed by atoms with van der Waals surface area (Å²) in [4.78, 5) is 25.8. The zero-order valence-corrected chi connectivity index (χ0v) is 12.9. The maximum atomic E-state index is 12.0. The van der Waals surface area contributed by atoms with Crippen molar-refractivity contribution in [1.82, 2.24) is 15.0 Å². The number of aromatic nitrogens is 3. The lowest BCUT2D eigenvalue weighted by molar-refractivity contribution is 0.399. The molecule has 1 unspecified atom stereocenters. The van der Waals surface area contributed by atoms with Crippen LogP contribution < -0.4 is 15.2 Å². The van der Waals surface area contributed by atoms with Gasteiger partial charge in [0.25, 0.3) is 5.56 Å². The summed E-state index contributed by atoms with van der Waals surface area (Å²) in [6, 6.07) is 5.15. The zero-order chi connectivity index (χ0) is 15.5. The van der Waals surface area contributed by atoms with Crippen molar-refractivity contribution in [2.45, 2.75) is 19.8 Å². The Morgan fingerprint density at radius 2 is 2.32 bits per heavy atom. The van der Waals surface area contributed by atoms with E-state index in [1.807, 2.05) is 12.1 Å². The number of rotatable bonds is 3. The molecule has 0 bridgehead atoms. The van der Waals surface area contributed by atoms with Gasteiger partial charge in [-0.15, -0.1) is 0 Å². The Morgan fingerprint density at radius 1 is 1.45 bits per heavy atom. The standard InChI is InChI=1S/C16H20N4O2/c1-11-5-4-8-20(10-11)16-18-13(9-14(21)19-16)12-6-3-7-17-15(12)22-2/h3,6-7,9,11H,4-5,8,10H2,1-2H3,(H,18,19,21). The van der Waals surface area contributed by atoms with E-state index in [0.29, 0.717) is 23.4 Å². The monoisotopic (exact) mass is 300 g/mol. The maximum Gasteiger partial charge on any atom is 0.252 e. The number of nitrogens with zero attached hydrogens (tertiary/aromatic N) is 3. The second-order valence-electron chi connectivity index (χ2n) is 5.71. The van der Waals surface area contributed by atoms with Gasteiger partial charge in [0.2, 0.25) is 11.8 Å². The molecule has 3 rings (SSSR count). The van der Waals surface area contributed by atoms with E-state index in [4.69, 9.17) is 4.74 Å². The number of nitrogens with one attached hydrogen (secondary N) is 1. The minimum absolute atomic E-state index is 0.163. The quantitative estimate of drug-likeness (QED) is 0.939. The van der Waals surface area contributed by atoms with Crippen molar-refractivity contribution >= 4 is 5.95 Å². The van der Waals surface area contributed by atoms with Crippen LogP contribution in [0.1, 0.15) is 19.8 Å². The fourth-order valence-corrected chi connectivity index (χ4v) is 2.86. The van der Waals surface area contributed by atoms with Crippen molar-refractivity contribution < 1.29 is 4.74 Å². The lowest BCUT2D eigenvalue weighted by Crippen LogP contribution is -2.36. The van der Waals surface area contributed by atoms with Crippen LogP contribution in [0.2, 0.25) is 0 Å². The Hall–Kier alpha value is -2.37. The number of piperidine rings is 1. The average Bonchev–Trinajstić information content (AvgIpc) is 2.54. The second-order valence-corrected chi connectivity index (χ2v) is 5.71. The highest BCUT2D eigenvalue weighted by Gasteiger charge is 2.19. The summed E-state index contributed by atoms with van der Waals surface area (Å²) in [7, 11) is 1.56. The molecule has 2 aromatic heterocycles. The molecule has 22 heavy (non-hydrogen) atoms. The van der Waals surface area contributed by atoms with Gasteiger partial charge < -0.3 is 9.64 Å². The molecule has 1 fully saturated rings. The molecule has 0 aromatic carbocycles. The summed E-state index contributed by atoms with van der Waals surface area (Å²) in [5.41, 5.74) is 1.15. The van der Waals surface area contributed by atoms with Crippen LogP contribution in [0.5, 0.6) is 5.88 Å². The Kier molecular flexibility index (Phi) is 4.09. The van der Waals surface area contributed by atoms with Crippen LogP contribution in [-0.4, -0.2) is 35.2 Å². The van der Waals surface area contributed by atoms with Crippen molar-refractivity contribution in [3.8, 4) is 17.1 Å². The third-order valence-electron chi connectivity index (χ3n) is 3.93.